The molecule has 1 rings (SSSR count). The van der Waals surface area contributed by atoms with Crippen LogP contribution in [0.3, 0.4) is 0 Å². The van der Waals surface area contributed by atoms with Gasteiger partial charge in [-0.25, -0.2) is 0 Å². The Hall–Kier alpha value is -0.640. The van der Waals surface area contributed by atoms with Gasteiger partial charge in [0.1, 0.15) is 0 Å². The van der Waals surface area contributed by atoms with Crippen LogP contribution in [0.4, 0.5) is 0 Å². The molecular weight excluding hydrogens is 206 g/mol. The lowest BCUT2D eigenvalue weighted by Gasteiger charge is -2.16. The first kappa shape index (κ1) is 12.4. The summed E-state index contributed by atoms with van der Waals surface area (Å²) >= 11 is 1.97. The molecule has 0 aromatic heterocycles. The fraction of sp³-hybridized carbons (Fsp3) is 0.727. The van der Waals surface area contributed by atoms with Gasteiger partial charge in [0, 0.05) is 24.9 Å². The molecule has 1 aliphatic rings. The zero-order valence-corrected chi connectivity index (χ0v) is 10.4. The second-order valence-corrected chi connectivity index (χ2v) is 4.89. The fourth-order valence-electron chi connectivity index (χ4n) is 1.84. The van der Waals surface area contributed by atoms with Crippen LogP contribution in [0, 0.1) is 0 Å². The second kappa shape index (κ2) is 6.77. The van der Waals surface area contributed by atoms with Gasteiger partial charge in [-0.1, -0.05) is 6.08 Å². The van der Waals surface area contributed by atoms with Gasteiger partial charge in [-0.15, -0.1) is 6.58 Å². The first-order chi connectivity index (χ1) is 7.30. The summed E-state index contributed by atoms with van der Waals surface area (Å²) in [4.78, 5) is 4.18. The molecule has 2 atom stereocenters. The van der Waals surface area contributed by atoms with E-state index in [9.17, 15) is 0 Å². The molecule has 0 spiro atoms. The lowest BCUT2D eigenvalue weighted by Crippen LogP contribution is -2.42. The smallest absolute Gasteiger partial charge is 0.191 e. The highest BCUT2D eigenvalue weighted by molar-refractivity contribution is 7.99. The van der Waals surface area contributed by atoms with Crippen LogP contribution in [0.15, 0.2) is 17.6 Å². The third-order valence-corrected chi connectivity index (χ3v) is 3.79. The molecule has 2 unspecified atom stereocenters. The van der Waals surface area contributed by atoms with Crippen molar-refractivity contribution in [1.29, 1.82) is 0 Å². The molecule has 0 bridgehead atoms. The van der Waals surface area contributed by atoms with E-state index in [1.165, 1.54) is 19.3 Å². The molecular formula is C11H21N3S. The van der Waals surface area contributed by atoms with E-state index in [1.807, 2.05) is 17.8 Å². The number of hydrogen-bond acceptors (Lipinski definition) is 2. The molecule has 0 radical (unpaired) electrons. The van der Waals surface area contributed by atoms with E-state index in [0.29, 0.717) is 6.04 Å². The maximum absolute atomic E-state index is 4.18. The monoisotopic (exact) mass is 227 g/mol. The summed E-state index contributed by atoms with van der Waals surface area (Å²) in [7, 11) is 1.80. The molecule has 0 aromatic carbocycles. The van der Waals surface area contributed by atoms with Crippen molar-refractivity contribution in [2.75, 3.05) is 19.8 Å². The summed E-state index contributed by atoms with van der Waals surface area (Å²) in [5, 5.41) is 7.45. The van der Waals surface area contributed by atoms with Crippen LogP contribution < -0.4 is 10.6 Å². The van der Waals surface area contributed by atoms with Crippen LogP contribution in [0.25, 0.3) is 0 Å². The number of nitrogens with one attached hydrogen (secondary N) is 2. The number of hydrogen-bond donors (Lipinski definition) is 2. The predicted molar refractivity (Wildman–Crippen MR) is 69.6 cm³/mol. The average molecular weight is 227 g/mol. The van der Waals surface area contributed by atoms with Crippen molar-refractivity contribution in [2.24, 2.45) is 4.99 Å². The maximum atomic E-state index is 4.18. The maximum Gasteiger partial charge on any atom is 0.191 e. The van der Waals surface area contributed by atoms with Crippen molar-refractivity contribution in [3.63, 3.8) is 0 Å². The zero-order chi connectivity index (χ0) is 11.1. The number of thioether (sulfide) groups is 1. The molecule has 0 amide bonds. The van der Waals surface area contributed by atoms with Gasteiger partial charge >= 0.3 is 0 Å². The van der Waals surface area contributed by atoms with Gasteiger partial charge in [-0.05, 0) is 25.5 Å². The Labute approximate surface area is 96.8 Å². The number of rotatable bonds is 4. The van der Waals surface area contributed by atoms with Gasteiger partial charge in [-0.3, -0.25) is 4.99 Å². The Morgan fingerprint density at radius 2 is 2.40 bits per heavy atom. The topological polar surface area (TPSA) is 36.4 Å². The van der Waals surface area contributed by atoms with Gasteiger partial charge in [0.2, 0.25) is 0 Å². The minimum atomic E-state index is 0.582. The van der Waals surface area contributed by atoms with E-state index >= 15 is 0 Å². The minimum Gasteiger partial charge on any atom is -0.354 e. The zero-order valence-electron chi connectivity index (χ0n) is 9.62. The molecule has 15 heavy (non-hydrogen) atoms. The standard InChI is InChI=1S/C11H21N3S/c1-4-7-13-11(12-2)14-9-5-6-10(8-9)15-3/h4,9-10H,1,5-8H2,2-3H3,(H2,12,13,14). The summed E-state index contributed by atoms with van der Waals surface area (Å²) in [6, 6.07) is 0.582. The van der Waals surface area contributed by atoms with Crippen molar-refractivity contribution >= 4 is 17.7 Å². The van der Waals surface area contributed by atoms with E-state index in [2.05, 4.69) is 28.5 Å². The Balaban J connectivity index is 2.30. The van der Waals surface area contributed by atoms with E-state index in [4.69, 9.17) is 0 Å². The van der Waals surface area contributed by atoms with E-state index in [0.717, 1.165) is 17.8 Å². The van der Waals surface area contributed by atoms with Crippen LogP contribution in [0.2, 0.25) is 0 Å². The summed E-state index contributed by atoms with van der Waals surface area (Å²) < 4.78 is 0. The van der Waals surface area contributed by atoms with Crippen molar-refractivity contribution < 1.29 is 0 Å². The average Bonchev–Trinajstić information content (AvgIpc) is 2.71. The van der Waals surface area contributed by atoms with Gasteiger partial charge in [-0.2, -0.15) is 11.8 Å². The normalized spacial score (nSPS) is 26.4. The molecule has 86 valence electrons. The van der Waals surface area contributed by atoms with Crippen molar-refractivity contribution in [3.8, 4) is 0 Å². The van der Waals surface area contributed by atoms with Gasteiger partial charge in [0.15, 0.2) is 5.96 Å². The Morgan fingerprint density at radius 3 is 2.93 bits per heavy atom. The number of nitrogens with zero attached hydrogens (tertiary/aromatic N) is 1. The summed E-state index contributed by atoms with van der Waals surface area (Å²) in [6.45, 7) is 4.44. The van der Waals surface area contributed by atoms with Gasteiger partial charge in [0.05, 0.1) is 0 Å². The highest BCUT2D eigenvalue weighted by Crippen LogP contribution is 2.27. The van der Waals surface area contributed by atoms with Crippen LogP contribution in [0.1, 0.15) is 19.3 Å². The van der Waals surface area contributed by atoms with E-state index in [1.54, 1.807) is 7.05 Å². The van der Waals surface area contributed by atoms with Crippen LogP contribution >= 0.6 is 11.8 Å². The first-order valence-corrected chi connectivity index (χ1v) is 6.69. The summed E-state index contributed by atoms with van der Waals surface area (Å²) in [5.41, 5.74) is 0. The van der Waals surface area contributed by atoms with Crippen molar-refractivity contribution in [2.45, 2.75) is 30.6 Å². The molecule has 1 fully saturated rings. The Bertz CT molecular complexity index is 228. The van der Waals surface area contributed by atoms with E-state index < -0.39 is 0 Å². The molecule has 0 saturated heterocycles. The molecule has 0 aliphatic heterocycles. The molecule has 2 N–H and O–H groups in total. The van der Waals surface area contributed by atoms with Gasteiger partial charge in [0.25, 0.3) is 0 Å². The SMILES string of the molecule is C=CCNC(=NC)NC1CCC(SC)C1. The lowest BCUT2D eigenvalue weighted by atomic mass is 10.2. The first-order valence-electron chi connectivity index (χ1n) is 5.41. The second-order valence-electron chi connectivity index (χ2n) is 3.75. The van der Waals surface area contributed by atoms with Crippen LogP contribution in [0.5, 0.6) is 0 Å². The summed E-state index contributed by atoms with van der Waals surface area (Å²) in [6.07, 6.45) is 7.84. The highest BCUT2D eigenvalue weighted by Gasteiger charge is 2.24. The van der Waals surface area contributed by atoms with Crippen molar-refractivity contribution in [3.05, 3.63) is 12.7 Å². The predicted octanol–water partition coefficient (Wildman–Crippen LogP) is 1.62. The molecule has 0 heterocycles. The number of guanidine groups is 1. The van der Waals surface area contributed by atoms with Crippen molar-refractivity contribution in [1.82, 2.24) is 10.6 Å². The molecule has 1 saturated carbocycles. The minimum absolute atomic E-state index is 0.582. The Morgan fingerprint density at radius 1 is 1.60 bits per heavy atom. The largest absolute Gasteiger partial charge is 0.354 e. The van der Waals surface area contributed by atoms with Crippen LogP contribution in [-0.4, -0.2) is 37.1 Å². The summed E-state index contributed by atoms with van der Waals surface area (Å²) in [5.74, 6) is 0.890. The van der Waals surface area contributed by atoms with E-state index in [-0.39, 0.29) is 0 Å². The van der Waals surface area contributed by atoms with Crippen LogP contribution in [-0.2, 0) is 0 Å². The third kappa shape index (κ3) is 4.16. The molecule has 0 aromatic rings. The Kier molecular flexibility index (Phi) is 5.61. The fourth-order valence-corrected chi connectivity index (χ4v) is 2.64. The number of aliphatic imine (C=N–C) groups is 1. The molecule has 1 aliphatic carbocycles. The molecule has 3 nitrogen and oxygen atoms in total. The highest BCUT2D eigenvalue weighted by atomic mass is 32.2. The van der Waals surface area contributed by atoms with Gasteiger partial charge < -0.3 is 10.6 Å². The quantitative estimate of drug-likeness (QED) is 0.435. The lowest BCUT2D eigenvalue weighted by molar-refractivity contribution is 0.618. The third-order valence-electron chi connectivity index (χ3n) is 2.70. The molecule has 4 heteroatoms.